The summed E-state index contributed by atoms with van der Waals surface area (Å²) in [5.41, 5.74) is 11.6. The van der Waals surface area contributed by atoms with E-state index in [0.29, 0.717) is 11.3 Å². The Morgan fingerprint density at radius 2 is 1.75 bits per heavy atom. The summed E-state index contributed by atoms with van der Waals surface area (Å²) in [7, 11) is 3.39. The third-order valence-corrected chi connectivity index (χ3v) is 7.80. The third-order valence-electron chi connectivity index (χ3n) is 6.97. The van der Waals surface area contributed by atoms with E-state index in [1.165, 1.54) is 18.2 Å². The number of amides is 1. The number of terminal acetylenes is 1. The predicted molar refractivity (Wildman–Crippen MR) is 245 cm³/mol. The zero-order valence-corrected chi connectivity index (χ0v) is 37.9. The van der Waals surface area contributed by atoms with Crippen molar-refractivity contribution in [2.45, 2.75) is 98.3 Å². The molecule has 1 amide bonds. The Kier molecular flexibility index (Phi) is 41.7. The van der Waals surface area contributed by atoms with E-state index in [4.69, 9.17) is 36.6 Å². The van der Waals surface area contributed by atoms with Gasteiger partial charge in [0.1, 0.15) is 17.5 Å². The molecule has 1 fully saturated rings. The number of carbonyl (C=O) groups is 2. The first-order valence-corrected chi connectivity index (χ1v) is 20.8. The molecule has 1 saturated carbocycles. The van der Waals surface area contributed by atoms with Crippen LogP contribution in [0.5, 0.6) is 5.75 Å². The van der Waals surface area contributed by atoms with Gasteiger partial charge in [0, 0.05) is 49.1 Å². The molecule has 0 radical (unpaired) electrons. The number of hydrogen-bond donors (Lipinski definition) is 4. The lowest BCUT2D eigenvalue weighted by Crippen LogP contribution is -2.23. The Labute approximate surface area is 366 Å². The number of nitrogens with two attached hydrogens (primary N) is 2. The number of nitrogens with zero attached hydrogens (tertiary/aromatic N) is 4. The van der Waals surface area contributed by atoms with E-state index >= 15 is 0 Å². The molecule has 2 heterocycles. The van der Waals surface area contributed by atoms with Gasteiger partial charge in [-0.05, 0) is 90.1 Å². The van der Waals surface area contributed by atoms with Gasteiger partial charge in [-0.2, -0.15) is 9.49 Å². The van der Waals surface area contributed by atoms with Gasteiger partial charge in [-0.1, -0.05) is 57.7 Å². The molecule has 340 valence electrons. The lowest BCUT2D eigenvalue weighted by molar-refractivity contribution is -0.146. The molecule has 1 aromatic carbocycles. The van der Waals surface area contributed by atoms with Crippen molar-refractivity contribution in [2.75, 3.05) is 33.9 Å². The standard InChI is InChI=1S/C23H25F2N5OS.C8H10O.C6H13NO2.C3H8O.C2H6.CH3NO.CH3N/c1-2-31-16-30-14-17(12-28-30)15-32-11-10-18(13-27-19-6-4-3-5-7-19)22(26)23-20(24)8-9-21(25)29-23;1-2-9-8-6-4-3-5-7-8;1-5(2)9-6(8)4-7-3;1-3-4-2;1-2;2-1-3;1-2/h1,8-14,19H,3-7,15-16,26H2;3-7H,2H2,1H3;5,7H,4H2,1-3H3;3H2,1-2H3;1-2H3;1H,(H2,2,3);2H,1H2/b11-10+,22-18-,27-13?;;;;;;. The van der Waals surface area contributed by atoms with Crippen LogP contribution in [0.3, 0.4) is 0 Å². The maximum Gasteiger partial charge on any atom is 0.320 e. The first-order valence-electron chi connectivity index (χ1n) is 19.7. The number of primary amides is 1. The van der Waals surface area contributed by atoms with Gasteiger partial charge >= 0.3 is 5.97 Å². The summed E-state index contributed by atoms with van der Waals surface area (Å²) < 4.78 is 48.8. The van der Waals surface area contributed by atoms with Crippen molar-refractivity contribution in [3.05, 3.63) is 94.9 Å². The lowest BCUT2D eigenvalue weighted by atomic mass is 9.96. The largest absolute Gasteiger partial charge is 0.494 e. The highest BCUT2D eigenvalue weighted by molar-refractivity contribution is 8.01. The quantitative estimate of drug-likeness (QED) is 0.0289. The maximum atomic E-state index is 14.2. The van der Waals surface area contributed by atoms with E-state index < -0.39 is 11.8 Å². The summed E-state index contributed by atoms with van der Waals surface area (Å²) in [4.78, 5) is 27.4. The van der Waals surface area contributed by atoms with E-state index in [-0.39, 0.29) is 49.2 Å². The smallest absolute Gasteiger partial charge is 0.320 e. The minimum Gasteiger partial charge on any atom is -0.494 e. The monoisotopic (exact) mass is 874 g/mol. The normalized spacial score (nSPS) is 11.9. The summed E-state index contributed by atoms with van der Waals surface area (Å²) in [5.74, 6) is -0.0914. The molecule has 61 heavy (non-hydrogen) atoms. The molecule has 1 aliphatic carbocycles. The van der Waals surface area contributed by atoms with E-state index in [1.54, 1.807) is 37.3 Å². The Morgan fingerprint density at radius 3 is 2.30 bits per heavy atom. The van der Waals surface area contributed by atoms with Crippen LogP contribution in [0.15, 0.2) is 76.9 Å². The van der Waals surface area contributed by atoms with Crippen molar-refractivity contribution in [1.82, 2.24) is 20.1 Å². The molecule has 3 aromatic rings. The van der Waals surface area contributed by atoms with Crippen molar-refractivity contribution in [3.8, 4) is 18.3 Å². The van der Waals surface area contributed by atoms with E-state index in [0.717, 1.165) is 62.3 Å². The van der Waals surface area contributed by atoms with Gasteiger partial charge in [0.05, 0.1) is 31.1 Å². The molecule has 0 spiro atoms. The molecule has 0 unspecified atom stereocenters. The number of aromatic nitrogens is 3. The molecule has 0 bridgehead atoms. The number of esters is 1. The fourth-order valence-corrected chi connectivity index (χ4v) is 5.10. The Hall–Kier alpha value is -5.57. The number of carbonyl (C=O) groups excluding carboxylic acids is 2. The molecule has 1 aliphatic rings. The molecule has 2 aromatic heterocycles. The summed E-state index contributed by atoms with van der Waals surface area (Å²) in [6, 6.07) is 12.0. The number of benzene rings is 1. The van der Waals surface area contributed by atoms with Gasteiger partial charge in [-0.3, -0.25) is 14.6 Å². The van der Waals surface area contributed by atoms with Gasteiger partial charge in [0.15, 0.2) is 12.5 Å². The topological polar surface area (TPSA) is 202 Å². The van der Waals surface area contributed by atoms with Crippen molar-refractivity contribution in [2.24, 2.45) is 16.5 Å². The van der Waals surface area contributed by atoms with Gasteiger partial charge < -0.3 is 41.1 Å². The zero-order chi connectivity index (χ0) is 46.7. The van der Waals surface area contributed by atoms with Crippen LogP contribution >= 0.6 is 11.8 Å². The number of allylic oxidation sites excluding steroid dienone is 2. The maximum absolute atomic E-state index is 14.2. The van der Waals surface area contributed by atoms with Crippen LogP contribution in [-0.2, 0) is 36.3 Å². The molecular formula is C44H68F2N8O6S. The summed E-state index contributed by atoms with van der Waals surface area (Å²) in [6.07, 6.45) is 19.9. The molecule has 0 saturated heterocycles. The average molecular weight is 875 g/mol. The predicted octanol–water partition coefficient (Wildman–Crippen LogP) is 7.93. The number of halogens is 2. The number of methoxy groups -OCH3 is 1. The Morgan fingerprint density at radius 1 is 1.13 bits per heavy atom. The second-order valence-corrected chi connectivity index (χ2v) is 12.7. The molecule has 0 aliphatic heterocycles. The van der Waals surface area contributed by atoms with Crippen molar-refractivity contribution < 1.29 is 37.3 Å². The van der Waals surface area contributed by atoms with E-state index in [9.17, 15) is 13.6 Å². The average Bonchev–Trinajstić information content (AvgIpc) is 3.73. The second-order valence-electron chi connectivity index (χ2n) is 11.8. The number of aliphatic imine (C=N–C) groups is 1. The fraction of sp³-hybridized carbons (Fsp3) is 0.455. The third kappa shape index (κ3) is 32.9. The van der Waals surface area contributed by atoms with Gasteiger partial charge in [0.2, 0.25) is 12.4 Å². The highest BCUT2D eigenvalue weighted by atomic mass is 32.2. The van der Waals surface area contributed by atoms with Gasteiger partial charge in [-0.15, -0.1) is 11.8 Å². The first kappa shape index (κ1) is 59.7. The van der Waals surface area contributed by atoms with Crippen molar-refractivity contribution in [1.29, 1.82) is 5.41 Å². The molecular weight excluding hydrogens is 807 g/mol. The van der Waals surface area contributed by atoms with Crippen LogP contribution in [0.2, 0.25) is 0 Å². The molecule has 17 heteroatoms. The zero-order valence-electron chi connectivity index (χ0n) is 37.1. The van der Waals surface area contributed by atoms with Crippen LogP contribution in [0.1, 0.15) is 84.9 Å². The lowest BCUT2D eigenvalue weighted by Gasteiger charge is -2.17. The van der Waals surface area contributed by atoms with Crippen LogP contribution in [0.25, 0.3) is 5.70 Å². The molecule has 4 rings (SSSR count). The van der Waals surface area contributed by atoms with Crippen molar-refractivity contribution >= 4 is 42.8 Å². The minimum absolute atomic E-state index is 0.00847. The SMILES string of the molecule is C#COCn1cc(CS/C=C/C(C=NC2CCCCC2)=C(/N)c2nc(F)ccc2F)cn1.C=N.CC.CCOC.CCOc1ccccc1.CNCC(=O)OC(C)C.NC=O. The fourth-order valence-electron chi connectivity index (χ4n) is 4.42. The molecule has 14 nitrogen and oxygen atoms in total. The summed E-state index contributed by atoms with van der Waals surface area (Å²) in [6.45, 7) is 16.1. The Balaban J connectivity index is -0.000000940. The van der Waals surface area contributed by atoms with Crippen LogP contribution in [0, 0.1) is 29.7 Å². The number of pyridine rings is 1. The van der Waals surface area contributed by atoms with E-state index in [2.05, 4.69) is 43.7 Å². The van der Waals surface area contributed by atoms with Crippen LogP contribution < -0.4 is 21.5 Å². The van der Waals surface area contributed by atoms with Crippen LogP contribution in [0.4, 0.5) is 8.78 Å². The van der Waals surface area contributed by atoms with Gasteiger partial charge in [0.25, 0.3) is 0 Å². The van der Waals surface area contributed by atoms with Gasteiger partial charge in [-0.25, -0.2) is 14.1 Å². The molecule has 0 atom stereocenters. The second kappa shape index (κ2) is 42.6. The number of likely N-dealkylation sites (N-methyl/N-ethyl adjacent to an activating group) is 1. The van der Waals surface area contributed by atoms with E-state index in [1.807, 2.05) is 83.5 Å². The number of hydrogen-bond acceptors (Lipinski definition) is 13. The summed E-state index contributed by atoms with van der Waals surface area (Å²) >= 11 is 1.50. The highest BCUT2D eigenvalue weighted by Crippen LogP contribution is 2.22. The number of para-hydroxylation sites is 1. The number of nitrogens with one attached hydrogen (secondary N) is 2. The number of ether oxygens (including phenoxy) is 4. The van der Waals surface area contributed by atoms with Crippen LogP contribution in [-0.4, -0.2) is 86.1 Å². The molecule has 6 N–H and O–H groups in total. The highest BCUT2D eigenvalue weighted by Gasteiger charge is 2.14. The minimum atomic E-state index is -0.794. The Bertz CT molecular complexity index is 1660. The first-order chi connectivity index (χ1) is 29.5. The number of rotatable bonds is 15. The number of thioether (sulfide) groups is 1. The summed E-state index contributed by atoms with van der Waals surface area (Å²) in [5, 5.41) is 14.2. The van der Waals surface area contributed by atoms with Crippen molar-refractivity contribution in [3.63, 3.8) is 0 Å².